The van der Waals surface area contributed by atoms with E-state index >= 15 is 0 Å². The van der Waals surface area contributed by atoms with Crippen molar-refractivity contribution < 1.29 is 43.8 Å². The van der Waals surface area contributed by atoms with Crippen molar-refractivity contribution in [2.75, 3.05) is 13.1 Å². The molecular formula is C22H37N5O9. The van der Waals surface area contributed by atoms with E-state index in [1.54, 1.807) is 6.92 Å². The molecule has 0 heterocycles. The Morgan fingerprint density at radius 1 is 0.806 bits per heavy atom. The zero-order valence-electron chi connectivity index (χ0n) is 21.2. The second-order valence-electron chi connectivity index (χ2n) is 8.30. The minimum Gasteiger partial charge on any atom is -0.481 e. The summed E-state index contributed by atoms with van der Waals surface area (Å²) in [7, 11) is 0. The Morgan fingerprint density at radius 3 is 1.89 bits per heavy atom. The SMILES string of the molecule is CCC(NC(=O)CNC(=O)[C@@H](NC(=O)[C@@H](NC(C)=O)[C@H](C)CC)[C@@H](C)O)C(=O)C(=O)NCCC(=O)O. The van der Waals surface area contributed by atoms with Crippen molar-refractivity contribution in [1.29, 1.82) is 0 Å². The molecule has 0 aromatic heterocycles. The summed E-state index contributed by atoms with van der Waals surface area (Å²) in [6, 6.07) is -3.59. The molecule has 14 nitrogen and oxygen atoms in total. The largest absolute Gasteiger partial charge is 0.481 e. The van der Waals surface area contributed by atoms with Gasteiger partial charge in [-0.25, -0.2) is 0 Å². The minimum atomic E-state index is -1.44. The number of nitrogens with one attached hydrogen (secondary N) is 5. The van der Waals surface area contributed by atoms with Crippen molar-refractivity contribution in [3.8, 4) is 0 Å². The van der Waals surface area contributed by atoms with Gasteiger partial charge < -0.3 is 36.8 Å². The lowest BCUT2D eigenvalue weighted by Gasteiger charge is -2.27. The number of Topliss-reactive ketones (excluding diaryl/α,β-unsaturated/α-hetero) is 1. The van der Waals surface area contributed by atoms with Crippen LogP contribution in [-0.4, -0.2) is 88.8 Å². The van der Waals surface area contributed by atoms with Gasteiger partial charge >= 0.3 is 5.97 Å². The molecule has 0 aliphatic carbocycles. The molecule has 0 aliphatic heterocycles. The Morgan fingerprint density at radius 2 is 1.42 bits per heavy atom. The van der Waals surface area contributed by atoms with Crippen molar-refractivity contribution in [2.24, 2.45) is 5.92 Å². The van der Waals surface area contributed by atoms with Crippen molar-refractivity contribution in [3.63, 3.8) is 0 Å². The van der Waals surface area contributed by atoms with Gasteiger partial charge in [-0.3, -0.25) is 33.6 Å². The molecule has 0 bridgehead atoms. The van der Waals surface area contributed by atoms with Gasteiger partial charge in [0.05, 0.1) is 25.1 Å². The van der Waals surface area contributed by atoms with Gasteiger partial charge in [-0.15, -0.1) is 0 Å². The maximum atomic E-state index is 12.7. The number of aliphatic carboxylic acids is 1. The van der Waals surface area contributed by atoms with Gasteiger partial charge in [0.2, 0.25) is 29.4 Å². The van der Waals surface area contributed by atoms with Gasteiger partial charge in [0.15, 0.2) is 0 Å². The molecule has 0 rings (SSSR count). The zero-order valence-corrected chi connectivity index (χ0v) is 21.2. The molecule has 0 spiro atoms. The number of aliphatic hydroxyl groups excluding tert-OH is 1. The first-order valence-electron chi connectivity index (χ1n) is 11.6. The van der Waals surface area contributed by atoms with Crippen LogP contribution in [0.3, 0.4) is 0 Å². The molecule has 0 aromatic rings. The van der Waals surface area contributed by atoms with Gasteiger partial charge in [-0.05, 0) is 19.3 Å². The maximum absolute atomic E-state index is 12.7. The van der Waals surface area contributed by atoms with Crippen molar-refractivity contribution in [3.05, 3.63) is 0 Å². The molecule has 7 N–H and O–H groups in total. The lowest BCUT2D eigenvalue weighted by atomic mass is 9.97. The molecule has 36 heavy (non-hydrogen) atoms. The quantitative estimate of drug-likeness (QED) is 0.108. The highest BCUT2D eigenvalue weighted by molar-refractivity contribution is 6.38. The van der Waals surface area contributed by atoms with E-state index in [0.717, 1.165) is 0 Å². The summed E-state index contributed by atoms with van der Waals surface area (Å²) in [5.74, 6) is -6.28. The molecule has 0 radical (unpaired) electrons. The predicted octanol–water partition coefficient (Wildman–Crippen LogP) is -2.43. The molecule has 5 atom stereocenters. The van der Waals surface area contributed by atoms with Crippen LogP contribution in [0.5, 0.6) is 0 Å². The molecular weight excluding hydrogens is 478 g/mol. The third-order valence-corrected chi connectivity index (χ3v) is 5.25. The average Bonchev–Trinajstić information content (AvgIpc) is 2.80. The highest BCUT2D eigenvalue weighted by Gasteiger charge is 2.32. The van der Waals surface area contributed by atoms with Gasteiger partial charge in [-0.1, -0.05) is 27.2 Å². The normalized spacial score (nSPS) is 14.7. The first-order chi connectivity index (χ1) is 16.7. The third kappa shape index (κ3) is 11.7. The average molecular weight is 516 g/mol. The van der Waals surface area contributed by atoms with E-state index < -0.39 is 72.1 Å². The summed E-state index contributed by atoms with van der Waals surface area (Å²) in [5.41, 5.74) is 0. The van der Waals surface area contributed by atoms with Crippen LogP contribution in [-0.2, 0) is 33.6 Å². The number of carboxylic acids is 1. The lowest BCUT2D eigenvalue weighted by molar-refractivity contribution is -0.141. The summed E-state index contributed by atoms with van der Waals surface area (Å²) < 4.78 is 0. The molecule has 204 valence electrons. The minimum absolute atomic E-state index is 0.0530. The molecule has 0 aromatic carbocycles. The Bertz CT molecular complexity index is 831. The smallest absolute Gasteiger partial charge is 0.305 e. The Balaban J connectivity index is 5.03. The number of aliphatic hydroxyl groups is 1. The number of carboxylic acid groups (broad SMARTS) is 1. The third-order valence-electron chi connectivity index (χ3n) is 5.25. The second-order valence-corrected chi connectivity index (χ2v) is 8.30. The summed E-state index contributed by atoms with van der Waals surface area (Å²) in [6.45, 7) is 6.71. The van der Waals surface area contributed by atoms with E-state index in [4.69, 9.17) is 5.11 Å². The van der Waals surface area contributed by atoms with Crippen molar-refractivity contribution in [2.45, 2.75) is 78.1 Å². The molecule has 0 saturated heterocycles. The first kappa shape index (κ1) is 32.5. The van der Waals surface area contributed by atoms with Gasteiger partial charge in [-0.2, -0.15) is 0 Å². The van der Waals surface area contributed by atoms with Crippen molar-refractivity contribution in [1.82, 2.24) is 26.6 Å². The number of rotatable bonds is 16. The van der Waals surface area contributed by atoms with Gasteiger partial charge in [0.25, 0.3) is 5.91 Å². The van der Waals surface area contributed by atoms with Gasteiger partial charge in [0, 0.05) is 13.5 Å². The van der Waals surface area contributed by atoms with Crippen molar-refractivity contribution >= 4 is 41.3 Å². The maximum Gasteiger partial charge on any atom is 0.305 e. The number of hydrogen-bond donors (Lipinski definition) is 7. The summed E-state index contributed by atoms with van der Waals surface area (Å²) in [4.78, 5) is 83.5. The number of ketones is 1. The summed E-state index contributed by atoms with van der Waals surface area (Å²) >= 11 is 0. The topological polar surface area (TPSA) is 220 Å². The number of carbonyl (C=O) groups is 7. The molecule has 14 heteroatoms. The fraction of sp³-hybridized carbons (Fsp3) is 0.682. The molecule has 5 amide bonds. The molecule has 0 saturated carbocycles. The Kier molecular flexibility index (Phi) is 14.6. The van der Waals surface area contributed by atoms with Crippen LogP contribution in [0.15, 0.2) is 0 Å². The van der Waals surface area contributed by atoms with E-state index in [0.29, 0.717) is 6.42 Å². The fourth-order valence-corrected chi connectivity index (χ4v) is 2.97. The van der Waals surface area contributed by atoms with Crippen LogP contribution in [0, 0.1) is 5.92 Å². The number of carbonyl (C=O) groups excluding carboxylic acids is 6. The standard InChI is InChI=1S/C22H37N5O9/c1-6-11(3)17(25-13(5)29)21(35)27-18(12(4)28)20(34)24-10-15(30)26-14(7-2)19(33)22(36)23-9-8-16(31)32/h11-12,14,17-18,28H,6-10H2,1-5H3,(H,23,36)(H,24,34)(H,25,29)(H,26,30)(H,27,35)(H,31,32)/t11-,12-,14?,17+,18+/m1/s1. The highest BCUT2D eigenvalue weighted by Crippen LogP contribution is 2.09. The Hall–Kier alpha value is -3.55. The highest BCUT2D eigenvalue weighted by atomic mass is 16.4. The van der Waals surface area contributed by atoms with Crippen LogP contribution in [0.4, 0.5) is 0 Å². The second kappa shape index (κ2) is 16.2. The summed E-state index contributed by atoms with van der Waals surface area (Å²) in [5, 5.41) is 30.1. The van der Waals surface area contributed by atoms with Crippen LogP contribution in [0.25, 0.3) is 0 Å². The number of amides is 5. The number of hydrogen-bond acceptors (Lipinski definition) is 8. The van der Waals surface area contributed by atoms with E-state index in [1.807, 2.05) is 6.92 Å². The first-order valence-corrected chi connectivity index (χ1v) is 11.6. The van der Waals surface area contributed by atoms with E-state index in [9.17, 15) is 38.7 Å². The molecule has 1 unspecified atom stereocenters. The zero-order chi connectivity index (χ0) is 28.0. The van der Waals surface area contributed by atoms with Crippen LogP contribution in [0.1, 0.15) is 53.9 Å². The van der Waals surface area contributed by atoms with E-state index in [2.05, 4.69) is 26.6 Å². The Labute approximate surface area is 209 Å². The fourth-order valence-electron chi connectivity index (χ4n) is 2.97. The lowest BCUT2D eigenvalue weighted by Crippen LogP contribution is -2.59. The van der Waals surface area contributed by atoms with E-state index in [-0.39, 0.29) is 25.3 Å². The monoisotopic (exact) mass is 515 g/mol. The van der Waals surface area contributed by atoms with Crippen LogP contribution < -0.4 is 26.6 Å². The molecule has 0 fully saturated rings. The summed E-state index contributed by atoms with van der Waals surface area (Å²) in [6.07, 6.45) is -1.11. The van der Waals surface area contributed by atoms with Crippen LogP contribution in [0.2, 0.25) is 0 Å². The van der Waals surface area contributed by atoms with Crippen LogP contribution >= 0.6 is 0 Å². The van der Waals surface area contributed by atoms with Gasteiger partial charge in [0.1, 0.15) is 12.1 Å². The molecule has 0 aliphatic rings. The van der Waals surface area contributed by atoms with E-state index in [1.165, 1.54) is 20.8 Å². The predicted molar refractivity (Wildman–Crippen MR) is 126 cm³/mol.